The van der Waals surface area contributed by atoms with Gasteiger partial charge in [0.25, 0.3) is 0 Å². The number of epoxide rings is 1. The van der Waals surface area contributed by atoms with Crippen LogP contribution in [0.1, 0.15) is 65.7 Å². The molecular weight excluding hydrogens is 304 g/mol. The molecule has 0 saturated carbocycles. The van der Waals surface area contributed by atoms with Crippen LogP contribution in [-0.4, -0.2) is 41.9 Å². The number of aliphatic hydroxyl groups excluding tert-OH is 1. The Morgan fingerprint density at radius 2 is 1.71 bits per heavy atom. The number of aliphatic hydroxyl groups is 1. The molecule has 0 aliphatic carbocycles. The Balaban J connectivity index is 1.74. The summed E-state index contributed by atoms with van der Waals surface area (Å²) in [6, 6.07) is 0. The molecule has 0 radical (unpaired) electrons. The average molecular weight is 334 g/mol. The molecule has 0 aromatic carbocycles. The number of ether oxygens (including phenoxy) is 3. The maximum Gasteiger partial charge on any atom is 0.163 e. The molecule has 134 valence electrons. The highest BCUT2D eigenvalue weighted by molar-refractivity contribution is 5.30. The van der Waals surface area contributed by atoms with Gasteiger partial charge >= 0.3 is 0 Å². The minimum Gasteiger partial charge on any atom is -0.394 e. The van der Waals surface area contributed by atoms with Crippen LogP contribution in [-0.2, 0) is 14.2 Å². The second-order valence-corrected chi connectivity index (χ2v) is 6.97. The van der Waals surface area contributed by atoms with E-state index in [9.17, 15) is 0 Å². The minimum atomic E-state index is -0.525. The Kier molecular flexibility index (Phi) is 7.59. The second kappa shape index (κ2) is 9.44. The van der Waals surface area contributed by atoms with Crippen LogP contribution in [0.15, 0.2) is 0 Å². The predicted octanol–water partition coefficient (Wildman–Crippen LogP) is 3.02. The standard InChI is InChI=1S/C20H30O4/c1-4-5-6-7-9-13-17-18(24-20(2,3)23-17)14-11-8-10-12-16-19(15-21)22-16/h16-19,21H,4-7,9,13-15H2,1-3H3/t16-,17+,18+,19-/m0/s1. The van der Waals surface area contributed by atoms with Gasteiger partial charge < -0.3 is 19.3 Å². The third kappa shape index (κ3) is 6.46. The molecule has 2 rings (SSSR count). The zero-order valence-corrected chi connectivity index (χ0v) is 15.1. The first-order valence-corrected chi connectivity index (χ1v) is 9.16. The summed E-state index contributed by atoms with van der Waals surface area (Å²) < 4.78 is 17.1. The third-order valence-electron chi connectivity index (χ3n) is 4.31. The lowest BCUT2D eigenvalue weighted by Crippen LogP contribution is -2.21. The molecule has 2 saturated heterocycles. The van der Waals surface area contributed by atoms with E-state index in [2.05, 4.69) is 30.6 Å². The van der Waals surface area contributed by atoms with Gasteiger partial charge in [0.05, 0.1) is 18.8 Å². The Morgan fingerprint density at radius 1 is 0.958 bits per heavy atom. The maximum atomic E-state index is 8.86. The molecule has 4 nitrogen and oxygen atoms in total. The van der Waals surface area contributed by atoms with E-state index < -0.39 is 5.79 Å². The topological polar surface area (TPSA) is 51.2 Å². The lowest BCUT2D eigenvalue weighted by Gasteiger charge is -2.16. The van der Waals surface area contributed by atoms with Crippen LogP contribution in [0.3, 0.4) is 0 Å². The van der Waals surface area contributed by atoms with Crippen molar-refractivity contribution < 1.29 is 19.3 Å². The van der Waals surface area contributed by atoms with Crippen LogP contribution in [0.25, 0.3) is 0 Å². The van der Waals surface area contributed by atoms with Crippen molar-refractivity contribution >= 4 is 0 Å². The van der Waals surface area contributed by atoms with Crippen LogP contribution in [0.2, 0.25) is 0 Å². The van der Waals surface area contributed by atoms with Gasteiger partial charge in [0.2, 0.25) is 0 Å². The lowest BCUT2D eigenvalue weighted by atomic mass is 10.0. The van der Waals surface area contributed by atoms with Crippen molar-refractivity contribution in [3.8, 4) is 23.7 Å². The molecule has 24 heavy (non-hydrogen) atoms. The van der Waals surface area contributed by atoms with Gasteiger partial charge in [-0.2, -0.15) is 0 Å². The van der Waals surface area contributed by atoms with Crippen LogP contribution in [0.5, 0.6) is 0 Å². The number of rotatable bonds is 8. The molecule has 0 amide bonds. The fourth-order valence-corrected chi connectivity index (χ4v) is 2.99. The molecule has 4 heteroatoms. The van der Waals surface area contributed by atoms with Crippen molar-refractivity contribution in [2.75, 3.05) is 6.61 Å². The van der Waals surface area contributed by atoms with E-state index in [4.69, 9.17) is 19.3 Å². The number of unbranched alkanes of at least 4 members (excludes halogenated alkanes) is 4. The first-order chi connectivity index (χ1) is 11.6. The van der Waals surface area contributed by atoms with E-state index in [1.165, 1.54) is 32.1 Å². The van der Waals surface area contributed by atoms with Gasteiger partial charge in [-0.25, -0.2) is 0 Å². The van der Waals surface area contributed by atoms with Gasteiger partial charge in [-0.3, -0.25) is 0 Å². The van der Waals surface area contributed by atoms with Crippen LogP contribution in [0.4, 0.5) is 0 Å². The lowest BCUT2D eigenvalue weighted by molar-refractivity contribution is -0.146. The van der Waals surface area contributed by atoms with Crippen molar-refractivity contribution in [2.24, 2.45) is 0 Å². The van der Waals surface area contributed by atoms with Gasteiger partial charge in [-0.05, 0) is 32.1 Å². The molecular formula is C20H30O4. The maximum absolute atomic E-state index is 8.86. The molecule has 0 spiro atoms. The first-order valence-electron chi connectivity index (χ1n) is 9.16. The van der Waals surface area contributed by atoms with E-state index in [0.29, 0.717) is 6.42 Å². The molecule has 4 atom stereocenters. The van der Waals surface area contributed by atoms with Gasteiger partial charge in [0.1, 0.15) is 12.2 Å². The quantitative estimate of drug-likeness (QED) is 0.421. The largest absolute Gasteiger partial charge is 0.394 e. The summed E-state index contributed by atoms with van der Waals surface area (Å²) in [5.41, 5.74) is 0. The highest BCUT2D eigenvalue weighted by atomic mass is 16.7. The summed E-state index contributed by atoms with van der Waals surface area (Å²) in [6.45, 7) is 6.18. The summed E-state index contributed by atoms with van der Waals surface area (Å²) in [7, 11) is 0. The van der Waals surface area contributed by atoms with Crippen molar-refractivity contribution in [2.45, 2.75) is 95.9 Å². The Labute approximate surface area is 146 Å². The van der Waals surface area contributed by atoms with E-state index in [0.717, 1.165) is 6.42 Å². The van der Waals surface area contributed by atoms with E-state index in [1.807, 2.05) is 13.8 Å². The van der Waals surface area contributed by atoms with Crippen molar-refractivity contribution in [3.63, 3.8) is 0 Å². The number of hydrogen-bond acceptors (Lipinski definition) is 4. The molecule has 2 aliphatic rings. The van der Waals surface area contributed by atoms with Crippen molar-refractivity contribution in [1.29, 1.82) is 0 Å². The van der Waals surface area contributed by atoms with Crippen LogP contribution in [0, 0.1) is 23.7 Å². The second-order valence-electron chi connectivity index (χ2n) is 6.97. The molecule has 0 aromatic rings. The molecule has 0 unspecified atom stereocenters. The van der Waals surface area contributed by atoms with Gasteiger partial charge in [-0.15, -0.1) is 0 Å². The SMILES string of the molecule is CCCCCCC[C@H]1OC(C)(C)O[C@@H]1CC#CC#C[C@@H]1O[C@H]1CO. The summed E-state index contributed by atoms with van der Waals surface area (Å²) >= 11 is 0. The summed E-state index contributed by atoms with van der Waals surface area (Å²) in [4.78, 5) is 0. The minimum absolute atomic E-state index is 0.0165. The summed E-state index contributed by atoms with van der Waals surface area (Å²) in [6.07, 6.45) is 7.83. The molecule has 0 aromatic heterocycles. The zero-order valence-electron chi connectivity index (χ0n) is 15.1. The van der Waals surface area contributed by atoms with E-state index in [1.54, 1.807) is 0 Å². The zero-order chi connectivity index (χ0) is 17.4. The average Bonchev–Trinajstić information content (AvgIpc) is 3.23. The van der Waals surface area contributed by atoms with Crippen LogP contribution < -0.4 is 0 Å². The molecule has 0 bridgehead atoms. The fourth-order valence-electron chi connectivity index (χ4n) is 2.99. The van der Waals surface area contributed by atoms with E-state index in [-0.39, 0.29) is 31.0 Å². The highest BCUT2D eigenvalue weighted by Crippen LogP contribution is 2.32. The predicted molar refractivity (Wildman–Crippen MR) is 93.1 cm³/mol. The fraction of sp³-hybridized carbons (Fsp3) is 0.800. The van der Waals surface area contributed by atoms with Gasteiger partial charge in [-0.1, -0.05) is 50.9 Å². The molecule has 1 N–H and O–H groups in total. The Hall–Kier alpha value is -1.04. The Morgan fingerprint density at radius 3 is 2.42 bits per heavy atom. The van der Waals surface area contributed by atoms with Gasteiger partial charge in [0.15, 0.2) is 5.79 Å². The van der Waals surface area contributed by atoms with Crippen molar-refractivity contribution in [3.05, 3.63) is 0 Å². The number of hydrogen-bond donors (Lipinski definition) is 1. The van der Waals surface area contributed by atoms with E-state index >= 15 is 0 Å². The smallest absolute Gasteiger partial charge is 0.163 e. The highest BCUT2D eigenvalue weighted by Gasteiger charge is 2.40. The first kappa shape index (κ1) is 19.3. The third-order valence-corrected chi connectivity index (χ3v) is 4.31. The normalized spacial score (nSPS) is 30.2. The van der Waals surface area contributed by atoms with Crippen molar-refractivity contribution in [1.82, 2.24) is 0 Å². The molecule has 2 heterocycles. The monoisotopic (exact) mass is 334 g/mol. The Bertz CT molecular complexity index is 505. The summed E-state index contributed by atoms with van der Waals surface area (Å²) in [5.74, 6) is 11.1. The molecule has 2 aliphatic heterocycles. The molecule has 2 fully saturated rings. The summed E-state index contributed by atoms with van der Waals surface area (Å²) in [5, 5.41) is 8.86. The van der Waals surface area contributed by atoms with Crippen LogP contribution >= 0.6 is 0 Å². The van der Waals surface area contributed by atoms with Gasteiger partial charge in [0, 0.05) is 6.42 Å².